The number of hydrogen-bond acceptors (Lipinski definition) is 1. The fraction of sp³-hybridized carbons (Fsp3) is 0.333. The first kappa shape index (κ1) is 11.9. The van der Waals surface area contributed by atoms with Crippen LogP contribution in [-0.4, -0.2) is 6.67 Å². The monoisotopic (exact) mass is 225 g/mol. The molecule has 0 spiro atoms. The number of alkyl halides is 4. The van der Waals surface area contributed by atoms with Crippen molar-refractivity contribution in [3.63, 3.8) is 0 Å². The summed E-state index contributed by atoms with van der Waals surface area (Å²) in [7, 11) is 0. The van der Waals surface area contributed by atoms with Gasteiger partial charge in [-0.05, 0) is 23.8 Å². The lowest BCUT2D eigenvalue weighted by molar-refractivity contribution is -0.138. The number of nitrogens with two attached hydrogens (primary N) is 1. The van der Waals surface area contributed by atoms with Crippen molar-refractivity contribution in [2.75, 3.05) is 6.67 Å². The Balaban J connectivity index is 3.27. The van der Waals surface area contributed by atoms with E-state index in [9.17, 15) is 22.0 Å². The zero-order valence-electron chi connectivity index (χ0n) is 7.48. The molecule has 0 aliphatic carbocycles. The van der Waals surface area contributed by atoms with Crippen molar-refractivity contribution in [2.24, 2.45) is 5.73 Å². The van der Waals surface area contributed by atoms with Gasteiger partial charge in [0.15, 0.2) is 0 Å². The Kier molecular flexibility index (Phi) is 3.28. The van der Waals surface area contributed by atoms with Crippen LogP contribution in [0.2, 0.25) is 0 Å². The Hall–Kier alpha value is -1.17. The van der Waals surface area contributed by atoms with Crippen LogP contribution in [0.25, 0.3) is 0 Å². The second-order valence-electron chi connectivity index (χ2n) is 2.99. The Morgan fingerprint density at radius 1 is 1.27 bits per heavy atom. The summed E-state index contributed by atoms with van der Waals surface area (Å²) in [5, 5.41) is 0. The molecule has 0 heterocycles. The first-order valence-electron chi connectivity index (χ1n) is 4.04. The average Bonchev–Trinajstić information content (AvgIpc) is 2.14. The van der Waals surface area contributed by atoms with Gasteiger partial charge in [-0.15, -0.1) is 0 Å². The van der Waals surface area contributed by atoms with Gasteiger partial charge in [-0.25, -0.2) is 8.78 Å². The van der Waals surface area contributed by atoms with Gasteiger partial charge in [0.05, 0.1) is 11.6 Å². The van der Waals surface area contributed by atoms with Crippen LogP contribution in [0.5, 0.6) is 0 Å². The van der Waals surface area contributed by atoms with Gasteiger partial charge in [0.1, 0.15) is 12.5 Å². The minimum absolute atomic E-state index is 0.556. The van der Waals surface area contributed by atoms with Gasteiger partial charge in [0, 0.05) is 0 Å². The van der Waals surface area contributed by atoms with Crippen molar-refractivity contribution < 1.29 is 22.0 Å². The molecule has 84 valence electrons. The van der Waals surface area contributed by atoms with Gasteiger partial charge in [0.25, 0.3) is 0 Å². The Morgan fingerprint density at radius 3 is 2.33 bits per heavy atom. The van der Waals surface area contributed by atoms with E-state index < -0.39 is 35.8 Å². The Bertz CT molecular complexity index is 347. The minimum atomic E-state index is -4.66. The maximum atomic E-state index is 12.7. The summed E-state index contributed by atoms with van der Waals surface area (Å²) < 4.78 is 62.0. The summed E-state index contributed by atoms with van der Waals surface area (Å²) in [6, 6.07) is 0.363. The van der Waals surface area contributed by atoms with Gasteiger partial charge in [-0.3, -0.25) is 0 Å². The smallest absolute Gasteiger partial charge is 0.322 e. The van der Waals surface area contributed by atoms with Gasteiger partial charge >= 0.3 is 6.18 Å². The SMILES string of the molecule is N[C@@H](CF)c1cc(F)ccc1C(F)(F)F. The zero-order chi connectivity index (χ0) is 11.6. The second-order valence-corrected chi connectivity index (χ2v) is 2.99. The van der Waals surface area contributed by atoms with Crippen LogP contribution in [-0.2, 0) is 6.18 Å². The molecule has 0 bridgehead atoms. The predicted octanol–water partition coefficient (Wildman–Crippen LogP) is 2.81. The normalized spacial score (nSPS) is 14.0. The molecule has 0 unspecified atom stereocenters. The second kappa shape index (κ2) is 4.14. The molecule has 0 saturated heterocycles. The maximum Gasteiger partial charge on any atom is 0.416 e. The highest BCUT2D eigenvalue weighted by atomic mass is 19.4. The number of benzene rings is 1. The molecule has 0 fully saturated rings. The number of rotatable bonds is 2. The molecule has 1 nitrogen and oxygen atoms in total. The van der Waals surface area contributed by atoms with Crippen LogP contribution < -0.4 is 5.73 Å². The Morgan fingerprint density at radius 2 is 1.87 bits per heavy atom. The third-order valence-electron chi connectivity index (χ3n) is 1.88. The van der Waals surface area contributed by atoms with E-state index in [4.69, 9.17) is 5.73 Å². The topological polar surface area (TPSA) is 26.0 Å². The third kappa shape index (κ3) is 2.65. The number of hydrogen-bond donors (Lipinski definition) is 1. The fourth-order valence-corrected chi connectivity index (χ4v) is 1.18. The molecular weight excluding hydrogens is 217 g/mol. The summed E-state index contributed by atoms with van der Waals surface area (Å²) in [6.07, 6.45) is -4.66. The van der Waals surface area contributed by atoms with E-state index in [1.54, 1.807) is 0 Å². The van der Waals surface area contributed by atoms with Crippen LogP contribution >= 0.6 is 0 Å². The van der Waals surface area contributed by atoms with E-state index in [1.165, 1.54) is 0 Å². The van der Waals surface area contributed by atoms with Gasteiger partial charge in [-0.2, -0.15) is 13.2 Å². The zero-order valence-corrected chi connectivity index (χ0v) is 7.48. The van der Waals surface area contributed by atoms with Crippen LogP contribution in [0.3, 0.4) is 0 Å². The molecule has 0 amide bonds. The highest BCUT2D eigenvalue weighted by Crippen LogP contribution is 2.34. The summed E-state index contributed by atoms with van der Waals surface area (Å²) in [5.74, 6) is -0.873. The molecule has 0 aliphatic heterocycles. The van der Waals surface area contributed by atoms with Crippen LogP contribution in [0, 0.1) is 5.82 Å². The summed E-state index contributed by atoms with van der Waals surface area (Å²) in [5.41, 5.74) is 3.45. The van der Waals surface area contributed by atoms with E-state index in [-0.39, 0.29) is 0 Å². The highest BCUT2D eigenvalue weighted by molar-refractivity contribution is 5.32. The molecular formula is C9H8F5N. The van der Waals surface area contributed by atoms with Crippen LogP contribution in [0.1, 0.15) is 17.2 Å². The molecule has 1 aromatic carbocycles. The van der Waals surface area contributed by atoms with Crippen molar-refractivity contribution >= 4 is 0 Å². The van der Waals surface area contributed by atoms with Crippen LogP contribution in [0.15, 0.2) is 18.2 Å². The van der Waals surface area contributed by atoms with Crippen LogP contribution in [0.4, 0.5) is 22.0 Å². The van der Waals surface area contributed by atoms with Gasteiger partial charge < -0.3 is 5.73 Å². The van der Waals surface area contributed by atoms with E-state index >= 15 is 0 Å². The summed E-state index contributed by atoms with van der Waals surface area (Å²) >= 11 is 0. The number of halogens is 5. The molecule has 0 aliphatic rings. The molecule has 0 radical (unpaired) electrons. The first-order chi connectivity index (χ1) is 6.86. The molecule has 6 heteroatoms. The minimum Gasteiger partial charge on any atom is -0.322 e. The standard InChI is InChI=1S/C9H8F5N/c10-4-8(15)6-3-5(11)1-2-7(6)9(12,13)14/h1-3,8H,4,15H2/t8-/m0/s1. The lowest BCUT2D eigenvalue weighted by atomic mass is 10.0. The third-order valence-corrected chi connectivity index (χ3v) is 1.88. The molecule has 2 N–H and O–H groups in total. The lowest BCUT2D eigenvalue weighted by Crippen LogP contribution is -2.19. The fourth-order valence-electron chi connectivity index (χ4n) is 1.18. The van der Waals surface area contributed by atoms with Gasteiger partial charge in [0.2, 0.25) is 0 Å². The average molecular weight is 225 g/mol. The first-order valence-corrected chi connectivity index (χ1v) is 4.04. The maximum absolute atomic E-state index is 12.7. The lowest BCUT2D eigenvalue weighted by Gasteiger charge is -2.15. The van der Waals surface area contributed by atoms with E-state index in [1.807, 2.05) is 0 Å². The highest BCUT2D eigenvalue weighted by Gasteiger charge is 2.34. The van der Waals surface area contributed by atoms with E-state index in [0.717, 1.165) is 0 Å². The van der Waals surface area contributed by atoms with Crippen molar-refractivity contribution in [2.45, 2.75) is 12.2 Å². The molecule has 0 aromatic heterocycles. The molecule has 1 atom stereocenters. The Labute approximate surface area is 82.7 Å². The van der Waals surface area contributed by atoms with Gasteiger partial charge in [-0.1, -0.05) is 0 Å². The molecule has 1 aromatic rings. The molecule has 0 saturated carbocycles. The van der Waals surface area contributed by atoms with Crippen molar-refractivity contribution in [3.05, 3.63) is 35.1 Å². The summed E-state index contributed by atoms with van der Waals surface area (Å²) in [6.45, 7) is -1.17. The largest absolute Gasteiger partial charge is 0.416 e. The van der Waals surface area contributed by atoms with E-state index in [2.05, 4.69) is 0 Å². The predicted molar refractivity (Wildman–Crippen MR) is 44.3 cm³/mol. The molecule has 1 rings (SSSR count). The summed E-state index contributed by atoms with van der Waals surface area (Å²) in [4.78, 5) is 0. The van der Waals surface area contributed by atoms with Crippen molar-refractivity contribution in [1.82, 2.24) is 0 Å². The van der Waals surface area contributed by atoms with Crippen molar-refractivity contribution in [3.8, 4) is 0 Å². The quantitative estimate of drug-likeness (QED) is 0.769. The van der Waals surface area contributed by atoms with Crippen molar-refractivity contribution in [1.29, 1.82) is 0 Å². The van der Waals surface area contributed by atoms with E-state index in [0.29, 0.717) is 18.2 Å². The molecule has 15 heavy (non-hydrogen) atoms.